The summed E-state index contributed by atoms with van der Waals surface area (Å²) in [6.45, 7) is 7.55. The van der Waals surface area contributed by atoms with E-state index in [2.05, 4.69) is 26.1 Å². The quantitative estimate of drug-likeness (QED) is 0.580. The van der Waals surface area contributed by atoms with Gasteiger partial charge in [0.05, 0.1) is 5.75 Å². The molecule has 0 aliphatic rings. The second-order valence-electron chi connectivity index (χ2n) is 5.20. The standard InChI is InChI=1S/C10H22ClNO2S/c1-10(2,3)7-9(11)8-12-5-6-15(4,13)14/h9,12H,5-8H2,1-4H3. The van der Waals surface area contributed by atoms with Crippen LogP contribution in [0.15, 0.2) is 0 Å². The molecule has 0 heterocycles. The first-order valence-electron chi connectivity index (χ1n) is 5.13. The summed E-state index contributed by atoms with van der Waals surface area (Å²) in [7, 11) is -2.86. The zero-order valence-corrected chi connectivity index (χ0v) is 11.6. The molecule has 0 aromatic heterocycles. The number of rotatable bonds is 6. The molecule has 5 heteroatoms. The van der Waals surface area contributed by atoms with E-state index in [0.717, 1.165) is 6.42 Å². The number of hydrogen-bond donors (Lipinski definition) is 1. The molecular formula is C10H22ClNO2S. The lowest BCUT2D eigenvalue weighted by atomic mass is 9.90. The van der Waals surface area contributed by atoms with Crippen LogP contribution in [-0.4, -0.2) is 38.9 Å². The largest absolute Gasteiger partial charge is 0.314 e. The normalized spacial score (nSPS) is 15.3. The Labute approximate surface area is 98.5 Å². The van der Waals surface area contributed by atoms with E-state index in [4.69, 9.17) is 11.6 Å². The van der Waals surface area contributed by atoms with Gasteiger partial charge in [-0.05, 0) is 11.8 Å². The number of sulfone groups is 1. The minimum atomic E-state index is -2.86. The van der Waals surface area contributed by atoms with Crippen molar-refractivity contribution in [3.05, 3.63) is 0 Å². The Kier molecular flexibility index (Phi) is 6.14. The Morgan fingerprint density at radius 3 is 2.27 bits per heavy atom. The molecule has 0 saturated carbocycles. The first-order chi connectivity index (χ1) is 6.60. The molecular weight excluding hydrogens is 234 g/mol. The van der Waals surface area contributed by atoms with Crippen LogP contribution in [0.1, 0.15) is 27.2 Å². The molecule has 0 fully saturated rings. The molecule has 0 saturated heterocycles. The lowest BCUT2D eigenvalue weighted by Crippen LogP contribution is -2.30. The van der Waals surface area contributed by atoms with E-state index in [9.17, 15) is 8.42 Å². The van der Waals surface area contributed by atoms with Gasteiger partial charge in [-0.25, -0.2) is 8.42 Å². The van der Waals surface area contributed by atoms with Gasteiger partial charge in [0.1, 0.15) is 9.84 Å². The lowest BCUT2D eigenvalue weighted by Gasteiger charge is -2.21. The molecule has 0 spiro atoms. The van der Waals surface area contributed by atoms with Crippen molar-refractivity contribution >= 4 is 21.4 Å². The van der Waals surface area contributed by atoms with Crippen molar-refractivity contribution in [2.45, 2.75) is 32.6 Å². The molecule has 0 aromatic rings. The summed E-state index contributed by atoms with van der Waals surface area (Å²) < 4.78 is 21.7. The van der Waals surface area contributed by atoms with E-state index in [1.165, 1.54) is 6.26 Å². The second kappa shape index (κ2) is 6.06. The van der Waals surface area contributed by atoms with Gasteiger partial charge in [0.25, 0.3) is 0 Å². The number of hydrogen-bond acceptors (Lipinski definition) is 3. The first-order valence-corrected chi connectivity index (χ1v) is 7.62. The van der Waals surface area contributed by atoms with Gasteiger partial charge in [0, 0.05) is 24.7 Å². The monoisotopic (exact) mass is 255 g/mol. The summed E-state index contributed by atoms with van der Waals surface area (Å²) in [6.07, 6.45) is 2.16. The fourth-order valence-electron chi connectivity index (χ4n) is 1.25. The summed E-state index contributed by atoms with van der Waals surface area (Å²) >= 11 is 6.10. The van der Waals surface area contributed by atoms with Gasteiger partial charge in [-0.2, -0.15) is 0 Å². The Morgan fingerprint density at radius 1 is 1.33 bits per heavy atom. The average Bonchev–Trinajstić information content (AvgIpc) is 1.92. The van der Waals surface area contributed by atoms with E-state index in [0.29, 0.717) is 13.1 Å². The highest BCUT2D eigenvalue weighted by Crippen LogP contribution is 2.22. The van der Waals surface area contributed by atoms with Crippen molar-refractivity contribution in [1.29, 1.82) is 0 Å². The Balaban J connectivity index is 3.61. The predicted molar refractivity (Wildman–Crippen MR) is 66.3 cm³/mol. The Bertz CT molecular complexity index is 270. The molecule has 0 radical (unpaired) electrons. The summed E-state index contributed by atoms with van der Waals surface area (Å²) in [6, 6.07) is 0. The van der Waals surface area contributed by atoms with Crippen LogP contribution < -0.4 is 5.32 Å². The van der Waals surface area contributed by atoms with Crippen LogP contribution in [0.4, 0.5) is 0 Å². The molecule has 1 atom stereocenters. The molecule has 1 N–H and O–H groups in total. The van der Waals surface area contributed by atoms with Crippen LogP contribution in [0, 0.1) is 5.41 Å². The van der Waals surface area contributed by atoms with Crippen molar-refractivity contribution in [2.75, 3.05) is 25.1 Å². The third kappa shape index (κ3) is 12.1. The molecule has 3 nitrogen and oxygen atoms in total. The highest BCUT2D eigenvalue weighted by atomic mass is 35.5. The van der Waals surface area contributed by atoms with Gasteiger partial charge < -0.3 is 5.32 Å². The molecule has 0 aromatic carbocycles. The number of nitrogens with one attached hydrogen (secondary N) is 1. The topological polar surface area (TPSA) is 46.2 Å². The van der Waals surface area contributed by atoms with Crippen molar-refractivity contribution in [2.24, 2.45) is 5.41 Å². The lowest BCUT2D eigenvalue weighted by molar-refractivity contribution is 0.365. The Morgan fingerprint density at radius 2 is 1.87 bits per heavy atom. The maximum Gasteiger partial charge on any atom is 0.148 e. The van der Waals surface area contributed by atoms with E-state index in [-0.39, 0.29) is 16.5 Å². The van der Waals surface area contributed by atoms with Crippen molar-refractivity contribution in [3.63, 3.8) is 0 Å². The van der Waals surface area contributed by atoms with E-state index in [1.807, 2.05) is 0 Å². The number of halogens is 1. The smallest absolute Gasteiger partial charge is 0.148 e. The highest BCUT2D eigenvalue weighted by molar-refractivity contribution is 7.90. The maximum atomic E-state index is 10.8. The van der Waals surface area contributed by atoms with E-state index in [1.54, 1.807) is 0 Å². The molecule has 15 heavy (non-hydrogen) atoms. The highest BCUT2D eigenvalue weighted by Gasteiger charge is 2.16. The molecule has 0 bridgehead atoms. The second-order valence-corrected chi connectivity index (χ2v) is 8.07. The minimum Gasteiger partial charge on any atom is -0.314 e. The fraction of sp³-hybridized carbons (Fsp3) is 1.00. The molecule has 0 amide bonds. The average molecular weight is 256 g/mol. The van der Waals surface area contributed by atoms with Crippen LogP contribution in [0.3, 0.4) is 0 Å². The van der Waals surface area contributed by atoms with Gasteiger partial charge in [-0.3, -0.25) is 0 Å². The van der Waals surface area contributed by atoms with Gasteiger partial charge in [0.2, 0.25) is 0 Å². The zero-order valence-electron chi connectivity index (χ0n) is 10.0. The molecule has 92 valence electrons. The molecule has 1 unspecified atom stereocenters. The third-order valence-electron chi connectivity index (χ3n) is 1.85. The maximum absolute atomic E-state index is 10.8. The molecule has 0 aliphatic carbocycles. The minimum absolute atomic E-state index is 0.0598. The van der Waals surface area contributed by atoms with Crippen molar-refractivity contribution in [1.82, 2.24) is 5.32 Å². The van der Waals surface area contributed by atoms with E-state index >= 15 is 0 Å². The van der Waals surface area contributed by atoms with Gasteiger partial charge in [0.15, 0.2) is 0 Å². The SMILES string of the molecule is CC(C)(C)CC(Cl)CNCCS(C)(=O)=O. The molecule has 0 aliphatic heterocycles. The van der Waals surface area contributed by atoms with Crippen LogP contribution in [0.25, 0.3) is 0 Å². The summed E-state index contributed by atoms with van der Waals surface area (Å²) in [5.41, 5.74) is 0.213. The van der Waals surface area contributed by atoms with Gasteiger partial charge in [-0.15, -0.1) is 11.6 Å². The first kappa shape index (κ1) is 15.2. The van der Waals surface area contributed by atoms with Crippen LogP contribution in [-0.2, 0) is 9.84 Å². The predicted octanol–water partition coefficient (Wildman–Crippen LogP) is 1.66. The van der Waals surface area contributed by atoms with Gasteiger partial charge >= 0.3 is 0 Å². The van der Waals surface area contributed by atoms with Gasteiger partial charge in [-0.1, -0.05) is 20.8 Å². The zero-order chi connectivity index (χ0) is 12.1. The summed E-state index contributed by atoms with van der Waals surface area (Å²) in [5, 5.41) is 3.11. The Hall–Kier alpha value is 0.200. The number of alkyl halides is 1. The van der Waals surface area contributed by atoms with Crippen molar-refractivity contribution < 1.29 is 8.42 Å². The third-order valence-corrected chi connectivity index (χ3v) is 3.10. The van der Waals surface area contributed by atoms with E-state index < -0.39 is 9.84 Å². The fourth-order valence-corrected chi connectivity index (χ4v) is 2.34. The van der Waals surface area contributed by atoms with Crippen LogP contribution >= 0.6 is 11.6 Å². The van der Waals surface area contributed by atoms with Crippen LogP contribution in [0.5, 0.6) is 0 Å². The van der Waals surface area contributed by atoms with Crippen LogP contribution in [0.2, 0.25) is 0 Å². The summed E-state index contributed by atoms with van der Waals surface area (Å²) in [4.78, 5) is 0. The summed E-state index contributed by atoms with van der Waals surface area (Å²) in [5.74, 6) is 0.173. The molecule has 0 rings (SSSR count). The van der Waals surface area contributed by atoms with Crippen molar-refractivity contribution in [3.8, 4) is 0 Å².